The Balaban J connectivity index is 1.73. The van der Waals surface area contributed by atoms with Crippen LogP contribution in [0.3, 0.4) is 0 Å². The summed E-state index contributed by atoms with van der Waals surface area (Å²) < 4.78 is 1.75. The van der Waals surface area contributed by atoms with Gasteiger partial charge in [0.1, 0.15) is 12.2 Å². The van der Waals surface area contributed by atoms with Crippen LogP contribution in [0.2, 0.25) is 0 Å². The minimum atomic E-state index is -0.526. The molecule has 0 unspecified atom stereocenters. The number of rotatable bonds is 3. The van der Waals surface area contributed by atoms with E-state index >= 15 is 0 Å². The van der Waals surface area contributed by atoms with Crippen LogP contribution in [0.1, 0.15) is 22.7 Å². The molecule has 2 N–H and O–H groups in total. The fourth-order valence-corrected chi connectivity index (χ4v) is 3.55. The van der Waals surface area contributed by atoms with Gasteiger partial charge in [-0.2, -0.15) is 10.1 Å². The van der Waals surface area contributed by atoms with Crippen LogP contribution in [-0.2, 0) is 4.79 Å². The summed E-state index contributed by atoms with van der Waals surface area (Å²) in [5.74, 6) is -0.0684. The predicted molar refractivity (Wildman–Crippen MR) is 105 cm³/mol. The number of aromatic nitrogens is 3. The molecule has 3 aromatic rings. The highest BCUT2D eigenvalue weighted by atomic mass is 16.2. The standard InChI is InChI=1S/C21H21N5O/c1-13-9-10-17(14(2)11-13)25-20(27)18-15(3)24-21-22-12-23-26(21)19(18)16-7-5-4-6-8-16/h4-12,18-19H,3H2,1-2H3,(H,25,27)(H,22,23,24)/t18-,19+/m0/s1. The van der Waals surface area contributed by atoms with Crippen molar-refractivity contribution < 1.29 is 4.79 Å². The highest BCUT2D eigenvalue weighted by Gasteiger charge is 2.39. The van der Waals surface area contributed by atoms with Crippen molar-refractivity contribution in [3.05, 3.63) is 83.8 Å². The molecule has 2 aromatic carbocycles. The van der Waals surface area contributed by atoms with E-state index in [1.165, 1.54) is 6.33 Å². The number of aryl methyl sites for hydroxylation is 2. The SMILES string of the molecule is C=C1Nc2ncnn2[C@H](c2ccccc2)[C@H]1C(=O)Nc1ccc(C)cc1C. The number of nitrogens with zero attached hydrogens (tertiary/aromatic N) is 3. The van der Waals surface area contributed by atoms with Crippen molar-refractivity contribution >= 4 is 17.5 Å². The van der Waals surface area contributed by atoms with Crippen LogP contribution in [0.4, 0.5) is 11.6 Å². The molecule has 27 heavy (non-hydrogen) atoms. The van der Waals surface area contributed by atoms with E-state index in [1.807, 2.05) is 62.4 Å². The summed E-state index contributed by atoms with van der Waals surface area (Å²) in [5.41, 5.74) is 4.56. The van der Waals surface area contributed by atoms with Gasteiger partial charge in [0.15, 0.2) is 0 Å². The van der Waals surface area contributed by atoms with Crippen molar-refractivity contribution in [2.24, 2.45) is 5.92 Å². The number of fused-ring (bicyclic) bond motifs is 1. The van der Waals surface area contributed by atoms with Crippen LogP contribution >= 0.6 is 0 Å². The molecular weight excluding hydrogens is 338 g/mol. The Bertz CT molecular complexity index is 1010. The Morgan fingerprint density at radius 2 is 1.96 bits per heavy atom. The molecule has 1 aliphatic heterocycles. The van der Waals surface area contributed by atoms with Crippen molar-refractivity contribution in [1.82, 2.24) is 14.8 Å². The lowest BCUT2D eigenvalue weighted by Gasteiger charge is -2.33. The van der Waals surface area contributed by atoms with Crippen molar-refractivity contribution in [2.75, 3.05) is 10.6 Å². The third kappa shape index (κ3) is 3.10. The summed E-state index contributed by atoms with van der Waals surface area (Å²) in [5, 5.41) is 10.5. The lowest BCUT2D eigenvalue weighted by Crippen LogP contribution is -2.39. The second-order valence-electron chi connectivity index (χ2n) is 6.82. The van der Waals surface area contributed by atoms with Crippen molar-refractivity contribution in [3.63, 3.8) is 0 Å². The molecule has 0 spiro atoms. The zero-order chi connectivity index (χ0) is 19.0. The second-order valence-corrected chi connectivity index (χ2v) is 6.82. The van der Waals surface area contributed by atoms with Gasteiger partial charge in [-0.3, -0.25) is 4.79 Å². The quantitative estimate of drug-likeness (QED) is 0.748. The maximum Gasteiger partial charge on any atom is 0.235 e. The Morgan fingerprint density at radius 1 is 1.19 bits per heavy atom. The highest BCUT2D eigenvalue weighted by molar-refractivity contribution is 5.96. The topological polar surface area (TPSA) is 71.8 Å². The van der Waals surface area contributed by atoms with E-state index in [4.69, 9.17) is 0 Å². The predicted octanol–water partition coefficient (Wildman–Crippen LogP) is 3.68. The monoisotopic (exact) mass is 359 g/mol. The molecule has 4 rings (SSSR count). The van der Waals surface area contributed by atoms with Crippen LogP contribution in [-0.4, -0.2) is 20.7 Å². The van der Waals surface area contributed by atoms with Gasteiger partial charge in [0.2, 0.25) is 11.9 Å². The van der Waals surface area contributed by atoms with Gasteiger partial charge < -0.3 is 10.6 Å². The van der Waals surface area contributed by atoms with Crippen LogP contribution in [0.5, 0.6) is 0 Å². The van der Waals surface area contributed by atoms with Gasteiger partial charge in [-0.15, -0.1) is 0 Å². The van der Waals surface area contributed by atoms with E-state index in [0.29, 0.717) is 11.6 Å². The van der Waals surface area contributed by atoms with Gasteiger partial charge in [0, 0.05) is 11.4 Å². The Kier molecular flexibility index (Phi) is 4.24. The number of carbonyl (C=O) groups is 1. The number of anilines is 2. The number of hydrogen-bond acceptors (Lipinski definition) is 4. The first-order chi connectivity index (χ1) is 13.0. The first-order valence-electron chi connectivity index (χ1n) is 8.83. The Labute approximate surface area is 157 Å². The molecule has 1 amide bonds. The first kappa shape index (κ1) is 17.0. The fourth-order valence-electron chi connectivity index (χ4n) is 3.55. The summed E-state index contributed by atoms with van der Waals surface area (Å²) in [7, 11) is 0. The van der Waals surface area contributed by atoms with Gasteiger partial charge >= 0.3 is 0 Å². The molecular formula is C21H21N5O. The summed E-state index contributed by atoms with van der Waals surface area (Å²) in [6, 6.07) is 15.5. The Morgan fingerprint density at radius 3 is 2.70 bits per heavy atom. The van der Waals surface area contributed by atoms with Crippen LogP contribution in [0.15, 0.2) is 67.1 Å². The molecule has 6 heteroatoms. The maximum absolute atomic E-state index is 13.3. The third-order valence-electron chi connectivity index (χ3n) is 4.86. The zero-order valence-electron chi connectivity index (χ0n) is 15.3. The van der Waals surface area contributed by atoms with Crippen LogP contribution in [0, 0.1) is 19.8 Å². The molecule has 0 radical (unpaired) electrons. The lowest BCUT2D eigenvalue weighted by molar-refractivity contribution is -0.119. The summed E-state index contributed by atoms with van der Waals surface area (Å²) in [4.78, 5) is 17.5. The van der Waals surface area contributed by atoms with Gasteiger partial charge in [-0.05, 0) is 31.0 Å². The average Bonchev–Trinajstić information content (AvgIpc) is 3.11. The van der Waals surface area contributed by atoms with Crippen LogP contribution < -0.4 is 10.6 Å². The smallest absolute Gasteiger partial charge is 0.235 e. The minimum Gasteiger partial charge on any atom is -0.328 e. The molecule has 0 saturated heterocycles. The van der Waals surface area contributed by atoms with E-state index in [1.54, 1.807) is 4.68 Å². The molecule has 2 atom stereocenters. The summed E-state index contributed by atoms with van der Waals surface area (Å²) in [6.07, 6.45) is 1.48. The highest BCUT2D eigenvalue weighted by Crippen LogP contribution is 2.37. The summed E-state index contributed by atoms with van der Waals surface area (Å²) in [6.45, 7) is 8.11. The van der Waals surface area contributed by atoms with Crippen LogP contribution in [0.25, 0.3) is 0 Å². The maximum atomic E-state index is 13.3. The second kappa shape index (κ2) is 6.72. The van der Waals surface area contributed by atoms with Crippen molar-refractivity contribution in [1.29, 1.82) is 0 Å². The average molecular weight is 359 g/mol. The third-order valence-corrected chi connectivity index (χ3v) is 4.86. The number of hydrogen-bond donors (Lipinski definition) is 2. The molecule has 1 aliphatic rings. The fraction of sp³-hybridized carbons (Fsp3) is 0.190. The summed E-state index contributed by atoms with van der Waals surface area (Å²) >= 11 is 0. The van der Waals surface area contributed by atoms with Crippen molar-refractivity contribution in [3.8, 4) is 0 Å². The molecule has 6 nitrogen and oxygen atoms in total. The van der Waals surface area contributed by atoms with Gasteiger partial charge in [0.25, 0.3) is 0 Å². The largest absolute Gasteiger partial charge is 0.328 e. The zero-order valence-corrected chi connectivity index (χ0v) is 15.3. The number of benzene rings is 2. The molecule has 0 fully saturated rings. The molecule has 2 heterocycles. The molecule has 0 saturated carbocycles. The van der Waals surface area contributed by atoms with E-state index in [0.717, 1.165) is 22.4 Å². The molecule has 136 valence electrons. The number of carbonyl (C=O) groups excluding carboxylic acids is 1. The number of amides is 1. The first-order valence-corrected chi connectivity index (χ1v) is 8.83. The molecule has 0 bridgehead atoms. The van der Waals surface area contributed by atoms with E-state index in [9.17, 15) is 4.79 Å². The van der Waals surface area contributed by atoms with E-state index < -0.39 is 5.92 Å². The normalized spacial score (nSPS) is 18.5. The van der Waals surface area contributed by atoms with Gasteiger partial charge in [-0.25, -0.2) is 4.68 Å². The Hall–Kier alpha value is -3.41. The van der Waals surface area contributed by atoms with E-state index in [2.05, 4.69) is 27.3 Å². The van der Waals surface area contributed by atoms with Gasteiger partial charge in [-0.1, -0.05) is 54.6 Å². The van der Waals surface area contributed by atoms with E-state index in [-0.39, 0.29) is 11.9 Å². The van der Waals surface area contributed by atoms with Crippen molar-refractivity contribution in [2.45, 2.75) is 19.9 Å². The van der Waals surface area contributed by atoms with Gasteiger partial charge in [0.05, 0.1) is 6.04 Å². The minimum absolute atomic E-state index is 0.130. The lowest BCUT2D eigenvalue weighted by atomic mass is 9.88. The molecule has 0 aliphatic carbocycles. The molecule has 1 aromatic heterocycles. The number of nitrogens with one attached hydrogen (secondary N) is 2.